The van der Waals surface area contributed by atoms with Gasteiger partial charge in [-0.2, -0.15) is 0 Å². The van der Waals surface area contributed by atoms with Gasteiger partial charge in [0.05, 0.1) is 19.8 Å². The van der Waals surface area contributed by atoms with Gasteiger partial charge in [0.25, 0.3) is 0 Å². The van der Waals surface area contributed by atoms with Crippen molar-refractivity contribution in [2.45, 2.75) is 57.5 Å². The van der Waals surface area contributed by atoms with E-state index >= 15 is 0 Å². The van der Waals surface area contributed by atoms with Gasteiger partial charge in [-0.3, -0.25) is 0 Å². The molecule has 1 fully saturated rings. The molecule has 3 unspecified atom stereocenters. The fourth-order valence-electron chi connectivity index (χ4n) is 3.75. The lowest BCUT2D eigenvalue weighted by Crippen LogP contribution is -2.30. The maximum Gasteiger partial charge on any atom is 0.161 e. The molecule has 0 radical (unpaired) electrons. The first-order valence-electron chi connectivity index (χ1n) is 11.6. The van der Waals surface area contributed by atoms with Crippen LogP contribution in [0.5, 0.6) is 11.5 Å². The normalized spacial score (nSPS) is 18.2. The Morgan fingerprint density at radius 2 is 1.94 bits per heavy atom. The molecule has 3 atom stereocenters. The Balaban J connectivity index is 1.44. The van der Waals surface area contributed by atoms with Crippen molar-refractivity contribution in [2.75, 3.05) is 33.5 Å². The third-order valence-corrected chi connectivity index (χ3v) is 5.72. The minimum Gasteiger partial charge on any atom is -0.493 e. The molecule has 3 rings (SSSR count). The Hall–Kier alpha value is -2.12. The van der Waals surface area contributed by atoms with Crippen molar-refractivity contribution >= 4 is 0 Å². The lowest BCUT2D eigenvalue weighted by molar-refractivity contribution is -0.165. The monoisotopic (exact) mass is 443 g/mol. The van der Waals surface area contributed by atoms with Crippen LogP contribution in [0.2, 0.25) is 0 Å². The molecule has 0 aliphatic carbocycles. The van der Waals surface area contributed by atoms with E-state index < -0.39 is 6.10 Å². The molecular weight excluding hydrogens is 406 g/mol. The zero-order valence-electron chi connectivity index (χ0n) is 19.3. The number of rotatable bonds is 13. The molecule has 2 N–H and O–H groups in total. The summed E-state index contributed by atoms with van der Waals surface area (Å²) in [5.74, 6) is 1.24. The Morgan fingerprint density at radius 3 is 2.69 bits per heavy atom. The zero-order chi connectivity index (χ0) is 22.6. The highest BCUT2D eigenvalue weighted by Crippen LogP contribution is 2.30. The van der Waals surface area contributed by atoms with Gasteiger partial charge in [-0.1, -0.05) is 36.4 Å². The van der Waals surface area contributed by atoms with Gasteiger partial charge < -0.3 is 29.4 Å². The third kappa shape index (κ3) is 8.10. The van der Waals surface area contributed by atoms with Gasteiger partial charge in [0.2, 0.25) is 0 Å². The smallest absolute Gasteiger partial charge is 0.161 e. The van der Waals surface area contributed by atoms with Crippen molar-refractivity contribution in [3.63, 3.8) is 0 Å². The second-order valence-corrected chi connectivity index (χ2v) is 8.28. The Labute approximate surface area is 191 Å². The van der Waals surface area contributed by atoms with Crippen LogP contribution < -0.4 is 14.8 Å². The van der Waals surface area contributed by atoms with Crippen LogP contribution in [-0.2, 0) is 15.9 Å². The van der Waals surface area contributed by atoms with Gasteiger partial charge in [0, 0.05) is 19.2 Å². The second kappa shape index (κ2) is 13.4. The molecule has 0 bridgehead atoms. The lowest BCUT2D eigenvalue weighted by Gasteiger charge is -2.23. The molecule has 6 nitrogen and oxygen atoms in total. The van der Waals surface area contributed by atoms with Crippen LogP contribution in [0.15, 0.2) is 48.5 Å². The molecule has 6 heteroatoms. The molecule has 1 saturated heterocycles. The molecule has 1 aliphatic rings. The number of benzene rings is 2. The van der Waals surface area contributed by atoms with E-state index in [0.29, 0.717) is 37.3 Å². The quantitative estimate of drug-likeness (QED) is 0.451. The second-order valence-electron chi connectivity index (χ2n) is 8.28. The average Bonchev–Trinajstić information content (AvgIpc) is 2.85. The maximum absolute atomic E-state index is 10.7. The van der Waals surface area contributed by atoms with Crippen LogP contribution in [0.3, 0.4) is 0 Å². The number of hydrogen-bond acceptors (Lipinski definition) is 6. The number of aliphatic hydroxyl groups excluding tert-OH is 1. The van der Waals surface area contributed by atoms with E-state index in [2.05, 4.69) is 36.5 Å². The summed E-state index contributed by atoms with van der Waals surface area (Å²) in [5.41, 5.74) is 2.12. The standard InChI is InChI=1S/C26H37NO5/c1-20(11-12-21-8-4-3-5-9-21)27-19-23(28)22-13-14-24(29-2)25(18-22)30-16-17-32-26-10-6-7-15-31-26/h3-5,8-9,13-14,18,20,23,26-28H,6-7,10-12,15-17,19H2,1-2H3. The molecule has 2 aromatic rings. The third-order valence-electron chi connectivity index (χ3n) is 5.72. The van der Waals surface area contributed by atoms with Crippen molar-refractivity contribution in [3.05, 3.63) is 59.7 Å². The SMILES string of the molecule is COc1ccc(C(O)CNC(C)CCc2ccccc2)cc1OCCOC1CCCCO1. The van der Waals surface area contributed by atoms with Crippen LogP contribution in [0.4, 0.5) is 0 Å². The molecule has 176 valence electrons. The molecular formula is C26H37NO5. The summed E-state index contributed by atoms with van der Waals surface area (Å²) in [5, 5.41) is 14.1. The number of methoxy groups -OCH3 is 1. The van der Waals surface area contributed by atoms with Crippen molar-refractivity contribution in [1.82, 2.24) is 5.32 Å². The Kier molecular flexibility index (Phi) is 10.3. The molecule has 0 spiro atoms. The summed E-state index contributed by atoms with van der Waals surface area (Å²) in [7, 11) is 1.61. The highest BCUT2D eigenvalue weighted by molar-refractivity contribution is 5.43. The predicted molar refractivity (Wildman–Crippen MR) is 125 cm³/mol. The van der Waals surface area contributed by atoms with E-state index in [-0.39, 0.29) is 6.29 Å². The lowest BCUT2D eigenvalue weighted by atomic mass is 10.1. The van der Waals surface area contributed by atoms with E-state index in [4.69, 9.17) is 18.9 Å². The van der Waals surface area contributed by atoms with E-state index in [1.54, 1.807) is 7.11 Å². The summed E-state index contributed by atoms with van der Waals surface area (Å²) in [6.07, 6.45) is 4.44. The first-order chi connectivity index (χ1) is 15.7. The molecule has 0 amide bonds. The topological polar surface area (TPSA) is 69.2 Å². The van der Waals surface area contributed by atoms with E-state index in [9.17, 15) is 5.11 Å². The van der Waals surface area contributed by atoms with Crippen LogP contribution in [-0.4, -0.2) is 50.9 Å². The first-order valence-corrected chi connectivity index (χ1v) is 11.6. The Morgan fingerprint density at radius 1 is 1.09 bits per heavy atom. The number of hydrogen-bond donors (Lipinski definition) is 2. The molecule has 32 heavy (non-hydrogen) atoms. The number of aliphatic hydroxyl groups is 1. The van der Waals surface area contributed by atoms with E-state index in [1.165, 1.54) is 5.56 Å². The zero-order valence-corrected chi connectivity index (χ0v) is 19.3. The van der Waals surface area contributed by atoms with Gasteiger partial charge in [-0.15, -0.1) is 0 Å². The summed E-state index contributed by atoms with van der Waals surface area (Å²) in [4.78, 5) is 0. The number of aryl methyl sites for hydroxylation is 1. The van der Waals surface area contributed by atoms with Crippen LogP contribution in [0, 0.1) is 0 Å². The first kappa shape index (κ1) is 24.5. The summed E-state index contributed by atoms with van der Waals surface area (Å²) < 4.78 is 22.6. The van der Waals surface area contributed by atoms with Crippen LogP contribution in [0.1, 0.15) is 49.8 Å². The number of nitrogens with one attached hydrogen (secondary N) is 1. The fourth-order valence-corrected chi connectivity index (χ4v) is 3.75. The van der Waals surface area contributed by atoms with Crippen molar-refractivity contribution in [3.8, 4) is 11.5 Å². The summed E-state index contributed by atoms with van der Waals surface area (Å²) in [6.45, 7) is 4.22. The summed E-state index contributed by atoms with van der Waals surface area (Å²) in [6, 6.07) is 16.3. The highest BCUT2D eigenvalue weighted by Gasteiger charge is 2.15. The fraction of sp³-hybridized carbons (Fsp3) is 0.538. The number of ether oxygens (including phenoxy) is 4. The van der Waals surface area contributed by atoms with Gasteiger partial charge >= 0.3 is 0 Å². The van der Waals surface area contributed by atoms with Gasteiger partial charge in [0.15, 0.2) is 17.8 Å². The molecule has 1 aliphatic heterocycles. The van der Waals surface area contributed by atoms with Crippen LogP contribution in [0.25, 0.3) is 0 Å². The predicted octanol–water partition coefficient (Wildman–Crippen LogP) is 4.26. The van der Waals surface area contributed by atoms with Crippen LogP contribution >= 0.6 is 0 Å². The van der Waals surface area contributed by atoms with Crippen molar-refractivity contribution in [2.24, 2.45) is 0 Å². The van der Waals surface area contributed by atoms with Crippen molar-refractivity contribution < 1.29 is 24.1 Å². The van der Waals surface area contributed by atoms with Gasteiger partial charge in [-0.25, -0.2) is 0 Å². The van der Waals surface area contributed by atoms with E-state index in [1.807, 2.05) is 24.3 Å². The molecule has 1 heterocycles. The van der Waals surface area contributed by atoms with Gasteiger partial charge in [0.1, 0.15) is 6.61 Å². The highest BCUT2D eigenvalue weighted by atomic mass is 16.7. The summed E-state index contributed by atoms with van der Waals surface area (Å²) >= 11 is 0. The maximum atomic E-state index is 10.7. The average molecular weight is 444 g/mol. The molecule has 0 saturated carbocycles. The molecule has 2 aromatic carbocycles. The largest absolute Gasteiger partial charge is 0.493 e. The Bertz CT molecular complexity index is 779. The minimum atomic E-state index is -0.630. The molecule has 0 aromatic heterocycles. The van der Waals surface area contributed by atoms with E-state index in [0.717, 1.165) is 44.3 Å². The van der Waals surface area contributed by atoms with Crippen molar-refractivity contribution in [1.29, 1.82) is 0 Å². The van der Waals surface area contributed by atoms with Gasteiger partial charge in [-0.05, 0) is 62.3 Å². The minimum absolute atomic E-state index is 0.127.